The number of pyridine rings is 1. The number of furan rings is 1. The minimum Gasteiger partial charge on any atom is -0.459 e. The second-order valence-electron chi connectivity index (χ2n) is 6.39. The minimum absolute atomic E-state index is 0.123. The maximum Gasteiger partial charge on any atom is 0.417 e. The standard InChI is InChI=1S/C18H19F3N4O3/c1-12(23-16(26)14-3-2-10-28-14)17(27)25-8-6-24(7-9-25)15-5-4-13(11-22-15)18(19,20)21/h2-5,10-12H,6-9H2,1H3,(H,23,26)/t12-/m0/s1. The lowest BCUT2D eigenvalue weighted by Gasteiger charge is -2.36. The van der Waals surface area contributed by atoms with E-state index in [9.17, 15) is 22.8 Å². The predicted octanol–water partition coefficient (Wildman–Crippen LogP) is 2.16. The molecular weight excluding hydrogens is 377 g/mol. The second-order valence-corrected chi connectivity index (χ2v) is 6.39. The lowest BCUT2D eigenvalue weighted by molar-refractivity contribution is -0.138. The van der Waals surface area contributed by atoms with Crippen LogP contribution in [0.2, 0.25) is 0 Å². The number of carbonyl (C=O) groups is 2. The molecule has 10 heteroatoms. The van der Waals surface area contributed by atoms with Gasteiger partial charge in [-0.15, -0.1) is 0 Å². The van der Waals surface area contributed by atoms with Crippen LogP contribution in [0.25, 0.3) is 0 Å². The lowest BCUT2D eigenvalue weighted by atomic mass is 10.2. The van der Waals surface area contributed by atoms with Gasteiger partial charge in [0.2, 0.25) is 5.91 Å². The third-order valence-corrected chi connectivity index (χ3v) is 4.45. The van der Waals surface area contributed by atoms with Crippen molar-refractivity contribution < 1.29 is 27.2 Å². The second kappa shape index (κ2) is 7.91. The molecule has 0 radical (unpaired) electrons. The Morgan fingerprint density at radius 1 is 1.18 bits per heavy atom. The zero-order chi connectivity index (χ0) is 20.3. The summed E-state index contributed by atoms with van der Waals surface area (Å²) in [6.45, 7) is 3.21. The summed E-state index contributed by atoms with van der Waals surface area (Å²) >= 11 is 0. The first-order valence-corrected chi connectivity index (χ1v) is 8.67. The highest BCUT2D eigenvalue weighted by Crippen LogP contribution is 2.29. The molecule has 0 unspecified atom stereocenters. The molecule has 150 valence electrons. The summed E-state index contributed by atoms with van der Waals surface area (Å²) in [4.78, 5) is 31.8. The van der Waals surface area contributed by atoms with Gasteiger partial charge in [0.25, 0.3) is 5.91 Å². The van der Waals surface area contributed by atoms with E-state index in [4.69, 9.17) is 4.42 Å². The number of nitrogens with one attached hydrogen (secondary N) is 1. The van der Waals surface area contributed by atoms with Crippen LogP contribution in [0.3, 0.4) is 0 Å². The maximum absolute atomic E-state index is 12.6. The van der Waals surface area contributed by atoms with Crippen molar-refractivity contribution in [1.29, 1.82) is 0 Å². The summed E-state index contributed by atoms with van der Waals surface area (Å²) in [6.07, 6.45) is -2.25. The van der Waals surface area contributed by atoms with E-state index in [1.54, 1.807) is 17.9 Å². The van der Waals surface area contributed by atoms with Crippen molar-refractivity contribution in [3.63, 3.8) is 0 Å². The highest BCUT2D eigenvalue weighted by molar-refractivity contribution is 5.95. The Balaban J connectivity index is 1.53. The molecule has 0 saturated carbocycles. The first-order valence-electron chi connectivity index (χ1n) is 8.67. The highest BCUT2D eigenvalue weighted by Gasteiger charge is 2.31. The van der Waals surface area contributed by atoms with E-state index in [0.29, 0.717) is 32.0 Å². The van der Waals surface area contributed by atoms with E-state index < -0.39 is 23.7 Å². The fourth-order valence-electron chi connectivity index (χ4n) is 2.91. The first-order chi connectivity index (χ1) is 13.3. The molecule has 1 saturated heterocycles. The summed E-state index contributed by atoms with van der Waals surface area (Å²) in [5.74, 6) is -0.157. The van der Waals surface area contributed by atoms with Crippen LogP contribution in [0.4, 0.5) is 19.0 Å². The largest absolute Gasteiger partial charge is 0.459 e. The van der Waals surface area contributed by atoms with Crippen molar-refractivity contribution in [3.05, 3.63) is 48.0 Å². The van der Waals surface area contributed by atoms with Gasteiger partial charge < -0.3 is 19.5 Å². The van der Waals surface area contributed by atoms with E-state index in [1.807, 2.05) is 4.90 Å². The Morgan fingerprint density at radius 2 is 1.89 bits per heavy atom. The SMILES string of the molecule is C[C@H](NC(=O)c1ccco1)C(=O)N1CCN(c2ccc(C(F)(F)F)cn2)CC1. The number of anilines is 1. The average molecular weight is 396 g/mol. The predicted molar refractivity (Wildman–Crippen MR) is 93.7 cm³/mol. The van der Waals surface area contributed by atoms with Crippen molar-refractivity contribution in [3.8, 4) is 0 Å². The van der Waals surface area contributed by atoms with Gasteiger partial charge in [-0.1, -0.05) is 0 Å². The molecule has 3 heterocycles. The van der Waals surface area contributed by atoms with Gasteiger partial charge in [0.05, 0.1) is 11.8 Å². The van der Waals surface area contributed by atoms with Crippen LogP contribution in [0.1, 0.15) is 23.0 Å². The van der Waals surface area contributed by atoms with Crippen LogP contribution >= 0.6 is 0 Å². The Bertz CT molecular complexity index is 814. The van der Waals surface area contributed by atoms with E-state index in [1.165, 1.54) is 18.4 Å². The van der Waals surface area contributed by atoms with E-state index >= 15 is 0 Å². The molecule has 1 aliphatic heterocycles. The third-order valence-electron chi connectivity index (χ3n) is 4.45. The third kappa shape index (κ3) is 4.44. The number of nitrogens with zero attached hydrogens (tertiary/aromatic N) is 3. The smallest absolute Gasteiger partial charge is 0.417 e. The van der Waals surface area contributed by atoms with Gasteiger partial charge in [-0.25, -0.2) is 4.98 Å². The molecule has 28 heavy (non-hydrogen) atoms. The van der Waals surface area contributed by atoms with Crippen LogP contribution in [0.15, 0.2) is 41.1 Å². The van der Waals surface area contributed by atoms with Crippen molar-refractivity contribution in [2.75, 3.05) is 31.1 Å². The van der Waals surface area contributed by atoms with Crippen LogP contribution in [-0.2, 0) is 11.0 Å². The Kier molecular flexibility index (Phi) is 5.57. The number of aromatic nitrogens is 1. The molecule has 3 rings (SSSR count). The van der Waals surface area contributed by atoms with Crippen molar-refractivity contribution >= 4 is 17.6 Å². The molecular formula is C18H19F3N4O3. The number of hydrogen-bond acceptors (Lipinski definition) is 5. The molecule has 7 nitrogen and oxygen atoms in total. The van der Waals surface area contributed by atoms with E-state index in [2.05, 4.69) is 10.3 Å². The summed E-state index contributed by atoms with van der Waals surface area (Å²) < 4.78 is 42.9. The molecule has 1 atom stereocenters. The number of rotatable bonds is 4. The Hall–Kier alpha value is -3.04. The normalized spacial score (nSPS) is 16.0. The van der Waals surface area contributed by atoms with Gasteiger partial charge in [0.15, 0.2) is 5.76 Å². The zero-order valence-corrected chi connectivity index (χ0v) is 15.1. The lowest BCUT2D eigenvalue weighted by Crippen LogP contribution is -2.54. The molecule has 1 aliphatic rings. The molecule has 2 aromatic rings. The quantitative estimate of drug-likeness (QED) is 0.857. The van der Waals surface area contributed by atoms with Crippen molar-refractivity contribution in [2.45, 2.75) is 19.1 Å². The molecule has 1 N–H and O–H groups in total. The molecule has 0 spiro atoms. The number of piperazine rings is 1. The number of hydrogen-bond donors (Lipinski definition) is 1. The van der Waals surface area contributed by atoms with Gasteiger partial charge in [0, 0.05) is 32.4 Å². The topological polar surface area (TPSA) is 78.7 Å². The van der Waals surface area contributed by atoms with Gasteiger partial charge in [0.1, 0.15) is 11.9 Å². The molecule has 1 fully saturated rings. The minimum atomic E-state index is -4.42. The number of halogens is 3. The van der Waals surface area contributed by atoms with Crippen LogP contribution < -0.4 is 10.2 Å². The Labute approximate surface area is 159 Å². The summed E-state index contributed by atoms with van der Waals surface area (Å²) in [6, 6.07) is 4.67. The van der Waals surface area contributed by atoms with Crippen molar-refractivity contribution in [1.82, 2.24) is 15.2 Å². The first kappa shape index (κ1) is 19.7. The number of alkyl halides is 3. The van der Waals surface area contributed by atoms with Gasteiger partial charge >= 0.3 is 6.18 Å². The molecule has 2 aromatic heterocycles. The Morgan fingerprint density at radius 3 is 2.43 bits per heavy atom. The fourth-order valence-corrected chi connectivity index (χ4v) is 2.91. The fraction of sp³-hybridized carbons (Fsp3) is 0.389. The summed E-state index contributed by atoms with van der Waals surface area (Å²) in [7, 11) is 0. The average Bonchev–Trinajstić information content (AvgIpc) is 3.22. The summed E-state index contributed by atoms with van der Waals surface area (Å²) in [5.41, 5.74) is -0.800. The van der Waals surface area contributed by atoms with Gasteiger partial charge in [-0.3, -0.25) is 9.59 Å². The van der Waals surface area contributed by atoms with Gasteiger partial charge in [-0.05, 0) is 31.2 Å². The van der Waals surface area contributed by atoms with Crippen LogP contribution in [-0.4, -0.2) is 53.9 Å². The van der Waals surface area contributed by atoms with E-state index in [0.717, 1.165) is 12.3 Å². The monoisotopic (exact) mass is 396 g/mol. The zero-order valence-electron chi connectivity index (χ0n) is 15.1. The number of carbonyl (C=O) groups excluding carboxylic acids is 2. The molecule has 0 aromatic carbocycles. The van der Waals surface area contributed by atoms with E-state index in [-0.39, 0.29) is 11.7 Å². The van der Waals surface area contributed by atoms with Crippen LogP contribution in [0.5, 0.6) is 0 Å². The molecule has 2 amide bonds. The summed E-state index contributed by atoms with van der Waals surface area (Å²) in [5, 5.41) is 2.59. The molecule has 0 aliphatic carbocycles. The van der Waals surface area contributed by atoms with Crippen molar-refractivity contribution in [2.24, 2.45) is 0 Å². The van der Waals surface area contributed by atoms with Crippen LogP contribution in [0, 0.1) is 0 Å². The molecule has 0 bridgehead atoms. The number of amides is 2. The maximum atomic E-state index is 12.6. The highest BCUT2D eigenvalue weighted by atomic mass is 19.4. The van der Waals surface area contributed by atoms with Gasteiger partial charge in [-0.2, -0.15) is 13.2 Å².